The zero-order chi connectivity index (χ0) is 27.6. The fourth-order valence-corrected chi connectivity index (χ4v) is 5.06. The quantitative estimate of drug-likeness (QED) is 0.292. The number of benzene rings is 3. The molecule has 206 valence electrons. The van der Waals surface area contributed by atoms with Crippen LogP contribution in [0.25, 0.3) is 0 Å². The molecule has 4 rings (SSSR count). The lowest BCUT2D eigenvalue weighted by atomic mass is 9.94. The van der Waals surface area contributed by atoms with E-state index in [-0.39, 0.29) is 24.8 Å². The van der Waals surface area contributed by atoms with Gasteiger partial charge >= 0.3 is 12.0 Å². The molecular weight excluding hydrogens is 492 g/mol. The molecule has 2 amide bonds. The van der Waals surface area contributed by atoms with E-state index in [1.54, 1.807) is 17.9 Å². The number of carbonyl (C=O) groups is 2. The maximum absolute atomic E-state index is 13.2. The van der Waals surface area contributed by atoms with Crippen LogP contribution in [0, 0.1) is 13.8 Å². The number of carboxylic acids is 1. The first-order valence-corrected chi connectivity index (χ1v) is 13.6. The highest BCUT2D eigenvalue weighted by atomic mass is 16.5. The summed E-state index contributed by atoms with van der Waals surface area (Å²) in [7, 11) is 0. The van der Waals surface area contributed by atoms with E-state index in [0.717, 1.165) is 48.1 Å². The highest BCUT2D eigenvalue weighted by Crippen LogP contribution is 2.26. The number of ether oxygens (including phenoxy) is 2. The van der Waals surface area contributed by atoms with Gasteiger partial charge in [0.1, 0.15) is 0 Å². The van der Waals surface area contributed by atoms with Gasteiger partial charge < -0.3 is 24.8 Å². The van der Waals surface area contributed by atoms with Gasteiger partial charge in [0, 0.05) is 18.8 Å². The van der Waals surface area contributed by atoms with E-state index in [4.69, 9.17) is 9.47 Å². The molecule has 3 aromatic rings. The van der Waals surface area contributed by atoms with Gasteiger partial charge in [0.05, 0.1) is 31.0 Å². The van der Waals surface area contributed by atoms with Crippen LogP contribution in [0.3, 0.4) is 0 Å². The first-order valence-electron chi connectivity index (χ1n) is 13.6. The van der Waals surface area contributed by atoms with Crippen LogP contribution in [0.15, 0.2) is 72.8 Å². The molecule has 7 heteroatoms. The summed E-state index contributed by atoms with van der Waals surface area (Å²) in [6.45, 7) is 5.42. The molecule has 3 aromatic carbocycles. The van der Waals surface area contributed by atoms with Crippen LogP contribution in [0.4, 0.5) is 10.5 Å². The second kappa shape index (κ2) is 13.9. The number of hydrogen-bond donors (Lipinski definition) is 2. The second-order valence-corrected chi connectivity index (χ2v) is 10.2. The van der Waals surface area contributed by atoms with Crippen molar-refractivity contribution in [2.45, 2.75) is 64.9 Å². The summed E-state index contributed by atoms with van der Waals surface area (Å²) in [5.74, 6) is -0.928. The Morgan fingerprint density at radius 3 is 2.33 bits per heavy atom. The molecule has 0 saturated heterocycles. The number of carboxylic acid groups (broad SMARTS) is 1. The summed E-state index contributed by atoms with van der Waals surface area (Å²) in [6, 6.07) is 23.0. The summed E-state index contributed by atoms with van der Waals surface area (Å²) in [5, 5.41) is 12.6. The number of rotatable bonds is 11. The Morgan fingerprint density at radius 1 is 0.897 bits per heavy atom. The topological polar surface area (TPSA) is 88.1 Å². The van der Waals surface area contributed by atoms with Gasteiger partial charge in [-0.05, 0) is 67.9 Å². The van der Waals surface area contributed by atoms with E-state index in [9.17, 15) is 14.7 Å². The van der Waals surface area contributed by atoms with Crippen molar-refractivity contribution >= 4 is 17.7 Å². The predicted octanol–water partition coefficient (Wildman–Crippen LogP) is 6.58. The highest BCUT2D eigenvalue weighted by molar-refractivity contribution is 5.91. The van der Waals surface area contributed by atoms with Gasteiger partial charge in [-0.15, -0.1) is 0 Å². The molecular formula is C32H38N2O5. The van der Waals surface area contributed by atoms with Gasteiger partial charge in [0.25, 0.3) is 0 Å². The summed E-state index contributed by atoms with van der Waals surface area (Å²) >= 11 is 0. The summed E-state index contributed by atoms with van der Waals surface area (Å²) < 4.78 is 12.4. The summed E-state index contributed by atoms with van der Waals surface area (Å²) in [4.78, 5) is 26.7. The first-order chi connectivity index (χ1) is 18.9. The third-order valence-corrected chi connectivity index (χ3v) is 7.23. The molecule has 1 aliphatic rings. The molecule has 7 nitrogen and oxygen atoms in total. The monoisotopic (exact) mass is 530 g/mol. The third-order valence-electron chi connectivity index (χ3n) is 7.23. The molecule has 0 unspecified atom stereocenters. The van der Waals surface area contributed by atoms with Crippen LogP contribution >= 0.6 is 0 Å². The lowest BCUT2D eigenvalue weighted by molar-refractivity contribution is -0.0524. The van der Waals surface area contributed by atoms with Crippen molar-refractivity contribution in [3.63, 3.8) is 0 Å². The van der Waals surface area contributed by atoms with E-state index in [0.29, 0.717) is 30.8 Å². The maximum atomic E-state index is 13.2. The molecule has 0 aromatic heterocycles. The molecule has 2 atom stereocenters. The van der Waals surface area contributed by atoms with Crippen LogP contribution in [0.1, 0.15) is 58.3 Å². The third kappa shape index (κ3) is 8.15. The number of para-hydroxylation sites is 1. The second-order valence-electron chi connectivity index (χ2n) is 10.2. The maximum Gasteiger partial charge on any atom is 0.336 e. The number of aromatic carboxylic acids is 1. The zero-order valence-corrected chi connectivity index (χ0v) is 22.8. The number of hydrogen-bond acceptors (Lipinski definition) is 4. The number of anilines is 1. The van der Waals surface area contributed by atoms with E-state index in [2.05, 4.69) is 5.32 Å². The summed E-state index contributed by atoms with van der Waals surface area (Å²) in [5.41, 5.74) is 4.62. The average Bonchev–Trinajstić information content (AvgIpc) is 2.93. The largest absolute Gasteiger partial charge is 0.478 e. The van der Waals surface area contributed by atoms with E-state index >= 15 is 0 Å². The average molecular weight is 531 g/mol. The van der Waals surface area contributed by atoms with E-state index in [1.165, 1.54) is 0 Å². The van der Waals surface area contributed by atoms with Crippen molar-refractivity contribution in [2.24, 2.45) is 0 Å². The normalized spacial score (nSPS) is 17.0. The van der Waals surface area contributed by atoms with Crippen molar-refractivity contribution in [1.82, 2.24) is 4.90 Å². The fourth-order valence-electron chi connectivity index (χ4n) is 5.06. The molecule has 1 saturated carbocycles. The number of amides is 2. The predicted molar refractivity (Wildman–Crippen MR) is 152 cm³/mol. The highest BCUT2D eigenvalue weighted by Gasteiger charge is 2.25. The van der Waals surface area contributed by atoms with Gasteiger partial charge in [-0.2, -0.15) is 0 Å². The SMILES string of the molecule is Cc1ccccc1NC(=O)N(CCO[C@H]1CCC[C@@H](OCc2cccc(C)c2C(=O)O)C1)Cc1ccccc1. The van der Waals surface area contributed by atoms with Crippen molar-refractivity contribution in [3.8, 4) is 0 Å². The lowest BCUT2D eigenvalue weighted by Gasteiger charge is -2.30. The number of nitrogens with zero attached hydrogens (tertiary/aromatic N) is 1. The Hall–Kier alpha value is -3.68. The molecule has 0 aliphatic heterocycles. The molecule has 39 heavy (non-hydrogen) atoms. The van der Waals surface area contributed by atoms with Crippen LogP contribution in [0.5, 0.6) is 0 Å². The van der Waals surface area contributed by atoms with Crippen molar-refractivity contribution in [3.05, 3.63) is 101 Å². The number of aryl methyl sites for hydroxylation is 2. The van der Waals surface area contributed by atoms with E-state index in [1.807, 2.05) is 73.7 Å². The molecule has 0 bridgehead atoms. The van der Waals surface area contributed by atoms with E-state index < -0.39 is 5.97 Å². The standard InChI is InChI=1S/C32H38N2O5/c1-23-10-6-7-17-29(23)33-32(37)34(21-25-12-4-3-5-13-25)18-19-38-27-15-9-16-28(20-27)39-22-26-14-8-11-24(2)30(26)31(35)36/h3-8,10-14,17,27-28H,9,15-16,18-22H2,1-2H3,(H,33,37)(H,35,36)/t27-,28+/m0/s1. The first kappa shape index (κ1) is 28.3. The Morgan fingerprint density at radius 2 is 1.59 bits per heavy atom. The van der Waals surface area contributed by atoms with Crippen LogP contribution in [-0.4, -0.2) is 47.4 Å². The minimum Gasteiger partial charge on any atom is -0.478 e. The van der Waals surface area contributed by atoms with Crippen LogP contribution in [-0.2, 0) is 22.6 Å². The van der Waals surface area contributed by atoms with Crippen LogP contribution in [0.2, 0.25) is 0 Å². The lowest BCUT2D eigenvalue weighted by Crippen LogP contribution is -2.38. The minimum absolute atomic E-state index is 0.00989. The van der Waals surface area contributed by atoms with Crippen molar-refractivity contribution < 1.29 is 24.2 Å². The summed E-state index contributed by atoms with van der Waals surface area (Å²) in [6.07, 6.45) is 3.65. The molecule has 0 heterocycles. The Bertz CT molecular complexity index is 1250. The molecule has 1 aliphatic carbocycles. The Labute approximate surface area is 230 Å². The smallest absolute Gasteiger partial charge is 0.336 e. The molecule has 0 radical (unpaired) electrons. The Kier molecular flexibility index (Phi) is 10.1. The van der Waals surface area contributed by atoms with Gasteiger partial charge in [0.2, 0.25) is 0 Å². The molecule has 2 N–H and O–H groups in total. The van der Waals surface area contributed by atoms with Crippen molar-refractivity contribution in [1.29, 1.82) is 0 Å². The van der Waals surface area contributed by atoms with Gasteiger partial charge in [0.15, 0.2) is 0 Å². The van der Waals surface area contributed by atoms with Gasteiger partial charge in [-0.25, -0.2) is 9.59 Å². The van der Waals surface area contributed by atoms with Gasteiger partial charge in [-0.1, -0.05) is 66.7 Å². The Balaban J connectivity index is 1.31. The molecule has 1 fully saturated rings. The zero-order valence-electron chi connectivity index (χ0n) is 22.8. The van der Waals surface area contributed by atoms with Gasteiger partial charge in [-0.3, -0.25) is 0 Å². The van der Waals surface area contributed by atoms with Crippen LogP contribution < -0.4 is 5.32 Å². The number of carbonyl (C=O) groups excluding carboxylic acids is 1. The fraction of sp³-hybridized carbons (Fsp3) is 0.375. The number of urea groups is 1. The molecule has 0 spiro atoms. The minimum atomic E-state index is -0.928. The van der Waals surface area contributed by atoms with Crippen molar-refractivity contribution in [2.75, 3.05) is 18.5 Å². The number of nitrogens with one attached hydrogen (secondary N) is 1.